The summed E-state index contributed by atoms with van der Waals surface area (Å²) in [5, 5.41) is 21.3. The number of aldehydes is 1. The van der Waals surface area contributed by atoms with E-state index in [1.54, 1.807) is 12.1 Å². The first kappa shape index (κ1) is 47.8. The molecule has 1 fully saturated rings. The fourth-order valence-electron chi connectivity index (χ4n) is 6.30. The molecule has 0 aromatic heterocycles. The summed E-state index contributed by atoms with van der Waals surface area (Å²) < 4.78 is 83.8. The van der Waals surface area contributed by atoms with Gasteiger partial charge in [-0.1, -0.05) is 12.1 Å². The van der Waals surface area contributed by atoms with Crippen LogP contribution < -0.4 is 20.5 Å². The van der Waals surface area contributed by atoms with Crippen molar-refractivity contribution in [2.24, 2.45) is 23.7 Å². The van der Waals surface area contributed by atoms with Crippen molar-refractivity contribution in [3.63, 3.8) is 0 Å². The predicted molar refractivity (Wildman–Crippen MR) is 207 cm³/mol. The molecule has 0 saturated heterocycles. The molecule has 0 spiro atoms. The van der Waals surface area contributed by atoms with Crippen molar-refractivity contribution < 1.29 is 84.7 Å². The van der Waals surface area contributed by atoms with Gasteiger partial charge in [-0.05, 0) is 98.3 Å². The fraction of sp³-hybridized carbons (Fsp3) is 0.357. The number of nitrogen functional groups attached to an aromatic ring is 1. The number of halogens is 5. The smallest absolute Gasteiger partial charge is 0.453 e. The summed E-state index contributed by atoms with van der Waals surface area (Å²) in [5.74, 6) is -16.5. The zero-order valence-corrected chi connectivity index (χ0v) is 32.6. The van der Waals surface area contributed by atoms with E-state index in [9.17, 15) is 65.7 Å². The van der Waals surface area contributed by atoms with Gasteiger partial charge in [0.15, 0.2) is 0 Å². The summed E-state index contributed by atoms with van der Waals surface area (Å²) in [4.78, 5) is 84.7. The molecule has 0 heterocycles. The van der Waals surface area contributed by atoms with Crippen LogP contribution in [0.3, 0.4) is 0 Å². The topological polar surface area (TPSA) is 235 Å². The van der Waals surface area contributed by atoms with Crippen molar-refractivity contribution in [3.05, 3.63) is 89.5 Å². The number of unbranched alkanes of at least 4 members (excludes halogenated alkanes) is 3. The molecule has 15 nitrogen and oxygen atoms in total. The lowest BCUT2D eigenvalue weighted by Gasteiger charge is -2.43. The van der Waals surface area contributed by atoms with E-state index in [0.29, 0.717) is 31.2 Å². The van der Waals surface area contributed by atoms with Crippen molar-refractivity contribution in [2.75, 3.05) is 30.9 Å². The highest BCUT2D eigenvalue weighted by Gasteiger charge is 2.61. The number of nitrogens with one attached hydrogen (secondary N) is 1. The first-order chi connectivity index (χ1) is 29.3. The van der Waals surface area contributed by atoms with E-state index in [2.05, 4.69) is 5.32 Å². The van der Waals surface area contributed by atoms with Gasteiger partial charge in [-0.15, -0.1) is 0 Å². The molecule has 0 aliphatic heterocycles. The Morgan fingerprint density at radius 3 is 1.87 bits per heavy atom. The van der Waals surface area contributed by atoms with Gasteiger partial charge in [-0.25, -0.2) is 14.4 Å². The number of hydrogen-bond acceptors (Lipinski definition) is 12. The number of anilines is 2. The minimum atomic E-state index is -5.63. The minimum Gasteiger partial charge on any atom is -0.494 e. The molecule has 3 aromatic rings. The number of amides is 1. The molecule has 1 amide bonds. The number of nitrogens with two attached hydrogens (primary N) is 1. The lowest BCUT2D eigenvalue weighted by molar-refractivity contribution is -0.284. The average Bonchev–Trinajstić information content (AvgIpc) is 3.19. The maximum atomic E-state index is 13.0. The third-order valence-electron chi connectivity index (χ3n) is 9.52. The van der Waals surface area contributed by atoms with E-state index >= 15 is 0 Å². The second-order valence-electron chi connectivity index (χ2n) is 14.0. The van der Waals surface area contributed by atoms with Gasteiger partial charge in [0.2, 0.25) is 5.91 Å². The summed E-state index contributed by atoms with van der Waals surface area (Å²) in [6, 6.07) is 15.3. The number of hydrogen-bond donors (Lipinski definition) is 4. The molecule has 2 unspecified atom stereocenters. The van der Waals surface area contributed by atoms with Crippen molar-refractivity contribution in [1.82, 2.24) is 0 Å². The highest BCUT2D eigenvalue weighted by Crippen LogP contribution is 2.46. The molecule has 3 aromatic carbocycles. The third-order valence-corrected chi connectivity index (χ3v) is 9.52. The summed E-state index contributed by atoms with van der Waals surface area (Å²) >= 11 is 0. The number of carboxylic acid groups (broad SMARTS) is 2. The van der Waals surface area contributed by atoms with Gasteiger partial charge in [0, 0.05) is 29.8 Å². The number of rotatable bonds is 22. The van der Waals surface area contributed by atoms with Gasteiger partial charge in [-0.3, -0.25) is 14.4 Å². The Bertz CT molecular complexity index is 2100. The van der Waals surface area contributed by atoms with Crippen LogP contribution in [0.1, 0.15) is 64.8 Å². The number of carbonyl (C=O) groups is 7. The van der Waals surface area contributed by atoms with E-state index in [1.165, 1.54) is 66.7 Å². The van der Waals surface area contributed by atoms with Gasteiger partial charge in [0.25, 0.3) is 0 Å². The summed E-state index contributed by atoms with van der Waals surface area (Å²) in [7, 11) is 0. The van der Waals surface area contributed by atoms with Crippen LogP contribution in [0, 0.1) is 23.7 Å². The number of alkyl halides is 5. The predicted octanol–water partition coefficient (Wildman–Crippen LogP) is 6.60. The minimum absolute atomic E-state index is 0.00562. The molecule has 2 atom stereocenters. The number of benzene rings is 3. The highest BCUT2D eigenvalue weighted by atomic mass is 19.4. The number of carboxylic acids is 2. The molecule has 0 radical (unpaired) electrons. The summed E-state index contributed by atoms with van der Waals surface area (Å²) in [5.41, 5.74) is 6.61. The van der Waals surface area contributed by atoms with Gasteiger partial charge in [-0.2, -0.15) is 22.0 Å². The summed E-state index contributed by atoms with van der Waals surface area (Å²) in [6.07, 6.45) is -2.43. The van der Waals surface area contributed by atoms with Crippen LogP contribution in [0.15, 0.2) is 72.8 Å². The zero-order chi connectivity index (χ0) is 45.6. The standard InChI is InChI=1S/C42H41F5N2O13/c43-41(44,42(45,46)47)16-5-19-59-29-13-9-25(10-14-29)40(58)62-30-11-6-24(7-12-30)8-15-32(51)60-17-3-1-2-4-18-61-39(57)26-20-27(48)22-28(21-26)49-36(52)35-33(37(53)54)31(23-50)34(35)38(55)56/h6-15,20-23,31,33-35H,1-5,16-19,48H2,(H,49,52)(H,53,54)(H,55,56)/b15-8+. The molecular weight excluding hydrogens is 835 g/mol. The average molecular weight is 877 g/mol. The molecule has 0 bridgehead atoms. The fourth-order valence-corrected chi connectivity index (χ4v) is 6.30. The van der Waals surface area contributed by atoms with E-state index in [0.717, 1.165) is 0 Å². The van der Waals surface area contributed by atoms with Gasteiger partial charge >= 0.3 is 41.9 Å². The Hall–Kier alpha value is -6.86. The molecule has 1 aliphatic rings. The number of carbonyl (C=O) groups excluding carboxylic acids is 5. The normalized spacial score (nSPS) is 17.3. The van der Waals surface area contributed by atoms with Gasteiger partial charge in [0.1, 0.15) is 17.8 Å². The van der Waals surface area contributed by atoms with Crippen molar-refractivity contribution in [3.8, 4) is 11.5 Å². The maximum Gasteiger partial charge on any atom is 0.453 e. The van der Waals surface area contributed by atoms with Crippen LogP contribution in [0.5, 0.6) is 11.5 Å². The maximum absolute atomic E-state index is 13.0. The van der Waals surface area contributed by atoms with E-state index in [-0.39, 0.29) is 60.1 Å². The Labute approximate surface area is 349 Å². The first-order valence-electron chi connectivity index (χ1n) is 18.9. The Morgan fingerprint density at radius 1 is 0.694 bits per heavy atom. The second-order valence-corrected chi connectivity index (χ2v) is 14.0. The van der Waals surface area contributed by atoms with E-state index < -0.39 is 84.4 Å². The van der Waals surface area contributed by atoms with Gasteiger partial charge < -0.3 is 45.0 Å². The third kappa shape index (κ3) is 13.3. The molecular formula is C42H41F5N2O13. The Morgan fingerprint density at radius 2 is 1.29 bits per heavy atom. The molecule has 332 valence electrons. The molecule has 1 aliphatic carbocycles. The molecule has 4 rings (SSSR count). The van der Waals surface area contributed by atoms with Crippen molar-refractivity contribution >= 4 is 59.5 Å². The number of ether oxygens (including phenoxy) is 4. The number of esters is 3. The molecule has 5 N–H and O–H groups in total. The SMILES string of the molecule is Nc1cc(NC(=O)C2C(C(=O)O)C(C=O)C2C(=O)O)cc(C(=O)OCCCCCCOC(=O)/C=C/c2ccc(OC(=O)c3ccc(OCCCC(F)(F)C(F)(F)F)cc3)cc2)c1. The van der Waals surface area contributed by atoms with Gasteiger partial charge in [0.05, 0.1) is 48.7 Å². The Balaban J connectivity index is 1.10. The van der Waals surface area contributed by atoms with Crippen LogP contribution in [-0.4, -0.2) is 84.2 Å². The largest absolute Gasteiger partial charge is 0.494 e. The quantitative estimate of drug-likeness (QED) is 0.0158. The van der Waals surface area contributed by atoms with Crippen LogP contribution >= 0.6 is 0 Å². The van der Waals surface area contributed by atoms with Crippen LogP contribution in [0.2, 0.25) is 0 Å². The Kier molecular flexibility index (Phi) is 16.7. The van der Waals surface area contributed by atoms with E-state index in [4.69, 9.17) is 24.7 Å². The number of aliphatic carboxylic acids is 2. The lowest BCUT2D eigenvalue weighted by Crippen LogP contribution is -2.59. The van der Waals surface area contributed by atoms with Crippen LogP contribution in [0.4, 0.5) is 33.3 Å². The van der Waals surface area contributed by atoms with Crippen molar-refractivity contribution in [2.45, 2.75) is 50.6 Å². The summed E-state index contributed by atoms with van der Waals surface area (Å²) in [6.45, 7) is -0.231. The molecule has 1 saturated carbocycles. The van der Waals surface area contributed by atoms with Crippen LogP contribution in [-0.2, 0) is 33.4 Å². The monoisotopic (exact) mass is 876 g/mol. The molecule has 62 heavy (non-hydrogen) atoms. The van der Waals surface area contributed by atoms with Crippen LogP contribution in [0.25, 0.3) is 6.08 Å². The molecule has 20 heteroatoms. The zero-order valence-electron chi connectivity index (χ0n) is 32.6. The highest BCUT2D eigenvalue weighted by molar-refractivity contribution is 6.03. The lowest BCUT2D eigenvalue weighted by atomic mass is 9.56. The first-order valence-corrected chi connectivity index (χ1v) is 18.9. The second kappa shape index (κ2) is 21.6. The van der Waals surface area contributed by atoms with E-state index in [1.807, 2.05) is 0 Å². The van der Waals surface area contributed by atoms with Crippen molar-refractivity contribution in [1.29, 1.82) is 0 Å².